The van der Waals surface area contributed by atoms with Crippen LogP contribution in [0.1, 0.15) is 51.9 Å². The number of nitrogens with one attached hydrogen (secondary N) is 1. The van der Waals surface area contributed by atoms with Crippen molar-refractivity contribution in [2.24, 2.45) is 0 Å². The Labute approximate surface area is 211 Å². The van der Waals surface area contributed by atoms with E-state index in [2.05, 4.69) is 12.2 Å². The fourth-order valence-electron chi connectivity index (χ4n) is 4.67. The van der Waals surface area contributed by atoms with Gasteiger partial charge in [-0.2, -0.15) is 0 Å². The molecule has 0 atom stereocenters. The number of ketones is 1. The summed E-state index contributed by atoms with van der Waals surface area (Å²) >= 11 is 0. The Bertz CT molecular complexity index is 1390. The molecule has 4 nitrogen and oxygen atoms in total. The first-order valence-corrected chi connectivity index (χ1v) is 12.2. The van der Waals surface area contributed by atoms with Crippen LogP contribution in [0.3, 0.4) is 0 Å². The van der Waals surface area contributed by atoms with E-state index in [-0.39, 0.29) is 24.0 Å². The van der Waals surface area contributed by atoms with Gasteiger partial charge in [-0.3, -0.25) is 9.59 Å². The molecular weight excluding hydrogens is 446 g/mol. The van der Waals surface area contributed by atoms with Crippen molar-refractivity contribution >= 4 is 23.5 Å². The van der Waals surface area contributed by atoms with Crippen molar-refractivity contribution in [2.75, 3.05) is 5.32 Å². The predicted molar refractivity (Wildman–Crippen MR) is 144 cm³/mol. The quantitative estimate of drug-likeness (QED) is 0.225. The fourth-order valence-corrected chi connectivity index (χ4v) is 4.67. The van der Waals surface area contributed by atoms with E-state index in [1.165, 1.54) is 0 Å². The maximum absolute atomic E-state index is 13.4. The van der Waals surface area contributed by atoms with Crippen molar-refractivity contribution in [1.29, 1.82) is 0 Å². The molecule has 0 unspecified atom stereocenters. The summed E-state index contributed by atoms with van der Waals surface area (Å²) in [7, 11) is 0. The van der Waals surface area contributed by atoms with Gasteiger partial charge in [0.15, 0.2) is 5.78 Å². The standard InChI is InChI=1S/C32H27NO3/c1-2-22-13-10-14-24(19-20-28(34)23-11-4-3-5-12-23)32(22)33-31(35)21-27-25-15-6-8-17-29(25)36-30-18-9-7-16-26(27)30/h3-20,27H,2,21H2,1H3,(H,33,35). The van der Waals surface area contributed by atoms with Crippen LogP contribution in [0.15, 0.2) is 103 Å². The minimum atomic E-state index is -0.112. The molecule has 1 amide bonds. The summed E-state index contributed by atoms with van der Waals surface area (Å²) in [5.41, 5.74) is 5.20. The van der Waals surface area contributed by atoms with Gasteiger partial charge in [-0.05, 0) is 41.8 Å². The summed E-state index contributed by atoms with van der Waals surface area (Å²) < 4.78 is 6.08. The second kappa shape index (κ2) is 10.4. The topological polar surface area (TPSA) is 55.4 Å². The second-order valence-corrected chi connectivity index (χ2v) is 8.78. The van der Waals surface area contributed by atoms with Crippen LogP contribution in [0, 0.1) is 0 Å². The summed E-state index contributed by atoms with van der Waals surface area (Å²) in [5.74, 6) is 1.29. The van der Waals surface area contributed by atoms with Crippen molar-refractivity contribution in [3.05, 3.63) is 131 Å². The molecule has 0 radical (unpaired) electrons. The lowest BCUT2D eigenvalue weighted by atomic mass is 9.85. The molecule has 0 fully saturated rings. The van der Waals surface area contributed by atoms with Gasteiger partial charge in [-0.15, -0.1) is 0 Å². The number of anilines is 1. The number of allylic oxidation sites excluding steroid dienone is 1. The van der Waals surface area contributed by atoms with Crippen molar-refractivity contribution in [1.82, 2.24) is 0 Å². The molecule has 178 valence electrons. The van der Waals surface area contributed by atoms with Crippen LogP contribution in [0.4, 0.5) is 5.69 Å². The lowest BCUT2D eigenvalue weighted by Gasteiger charge is -2.28. The maximum atomic E-state index is 13.4. The van der Waals surface area contributed by atoms with Gasteiger partial charge in [0.25, 0.3) is 0 Å². The zero-order valence-corrected chi connectivity index (χ0v) is 20.1. The number of rotatable bonds is 7. The highest BCUT2D eigenvalue weighted by molar-refractivity contribution is 6.07. The lowest BCUT2D eigenvalue weighted by Crippen LogP contribution is -2.20. The summed E-state index contributed by atoms with van der Waals surface area (Å²) in [4.78, 5) is 26.1. The van der Waals surface area contributed by atoms with E-state index in [4.69, 9.17) is 4.74 Å². The molecule has 0 spiro atoms. The summed E-state index contributed by atoms with van der Waals surface area (Å²) in [6.07, 6.45) is 4.38. The number of para-hydroxylation sites is 3. The first-order valence-electron chi connectivity index (χ1n) is 12.2. The highest BCUT2D eigenvalue weighted by Crippen LogP contribution is 2.45. The normalized spacial score (nSPS) is 12.5. The number of carbonyl (C=O) groups is 2. The molecule has 0 bridgehead atoms. The van der Waals surface area contributed by atoms with E-state index in [0.29, 0.717) is 5.56 Å². The molecule has 4 aromatic rings. The van der Waals surface area contributed by atoms with Crippen molar-refractivity contribution in [2.45, 2.75) is 25.7 Å². The number of hydrogen-bond acceptors (Lipinski definition) is 3. The van der Waals surface area contributed by atoms with Gasteiger partial charge in [-0.1, -0.05) is 91.9 Å². The molecule has 1 heterocycles. The van der Waals surface area contributed by atoms with E-state index in [0.717, 1.165) is 45.9 Å². The van der Waals surface area contributed by atoms with Crippen LogP contribution < -0.4 is 10.1 Å². The fraction of sp³-hybridized carbons (Fsp3) is 0.125. The van der Waals surface area contributed by atoms with Crippen molar-refractivity contribution in [3.8, 4) is 11.5 Å². The summed E-state index contributed by atoms with van der Waals surface area (Å²) in [5, 5.41) is 3.16. The van der Waals surface area contributed by atoms with E-state index < -0.39 is 0 Å². The van der Waals surface area contributed by atoms with Crippen LogP contribution in [0.2, 0.25) is 0 Å². The Balaban J connectivity index is 1.41. The number of hydrogen-bond donors (Lipinski definition) is 1. The third kappa shape index (κ3) is 4.84. The molecule has 1 N–H and O–H groups in total. The monoisotopic (exact) mass is 473 g/mol. The van der Waals surface area contributed by atoms with Crippen LogP contribution in [-0.4, -0.2) is 11.7 Å². The van der Waals surface area contributed by atoms with E-state index in [9.17, 15) is 9.59 Å². The second-order valence-electron chi connectivity index (χ2n) is 8.78. The minimum Gasteiger partial charge on any atom is -0.457 e. The average molecular weight is 474 g/mol. The zero-order valence-electron chi connectivity index (χ0n) is 20.1. The molecule has 0 aromatic heterocycles. The van der Waals surface area contributed by atoms with E-state index >= 15 is 0 Å². The van der Waals surface area contributed by atoms with Gasteiger partial charge in [0.05, 0.1) is 5.69 Å². The average Bonchev–Trinajstić information content (AvgIpc) is 2.92. The number of ether oxygens (including phenoxy) is 1. The number of aryl methyl sites for hydroxylation is 1. The molecule has 4 heteroatoms. The Hall–Kier alpha value is -4.44. The van der Waals surface area contributed by atoms with Gasteiger partial charge in [0.2, 0.25) is 5.91 Å². The van der Waals surface area contributed by atoms with E-state index in [1.54, 1.807) is 24.3 Å². The molecule has 1 aliphatic rings. The van der Waals surface area contributed by atoms with Gasteiger partial charge in [-0.25, -0.2) is 0 Å². The van der Waals surface area contributed by atoms with Gasteiger partial charge < -0.3 is 10.1 Å². The van der Waals surface area contributed by atoms with Gasteiger partial charge >= 0.3 is 0 Å². The number of carbonyl (C=O) groups excluding carboxylic acids is 2. The Kier molecular flexibility index (Phi) is 6.76. The highest BCUT2D eigenvalue weighted by Gasteiger charge is 2.29. The first-order chi connectivity index (χ1) is 17.6. The smallest absolute Gasteiger partial charge is 0.225 e. The summed E-state index contributed by atoms with van der Waals surface area (Å²) in [6, 6.07) is 30.8. The maximum Gasteiger partial charge on any atom is 0.225 e. The number of amides is 1. The molecule has 0 aliphatic carbocycles. The SMILES string of the molecule is CCc1cccc(C=CC(=O)c2ccccc2)c1NC(=O)CC1c2ccccc2Oc2ccccc21. The first kappa shape index (κ1) is 23.3. The third-order valence-corrected chi connectivity index (χ3v) is 6.50. The Morgan fingerprint density at radius 2 is 1.44 bits per heavy atom. The van der Waals surface area contributed by atoms with Crippen LogP contribution in [-0.2, 0) is 11.2 Å². The van der Waals surface area contributed by atoms with Crippen molar-refractivity contribution < 1.29 is 14.3 Å². The summed E-state index contributed by atoms with van der Waals surface area (Å²) in [6.45, 7) is 2.05. The molecule has 5 rings (SSSR count). The zero-order chi connectivity index (χ0) is 24.9. The molecule has 36 heavy (non-hydrogen) atoms. The Morgan fingerprint density at radius 3 is 2.11 bits per heavy atom. The molecule has 1 aliphatic heterocycles. The number of benzene rings is 4. The molecule has 0 saturated heterocycles. The molecule has 4 aromatic carbocycles. The predicted octanol–water partition coefficient (Wildman–Crippen LogP) is 7.41. The van der Waals surface area contributed by atoms with Gasteiger partial charge in [0.1, 0.15) is 11.5 Å². The van der Waals surface area contributed by atoms with Crippen LogP contribution in [0.25, 0.3) is 6.08 Å². The van der Waals surface area contributed by atoms with Crippen LogP contribution in [0.5, 0.6) is 11.5 Å². The largest absolute Gasteiger partial charge is 0.457 e. The Morgan fingerprint density at radius 1 is 0.806 bits per heavy atom. The van der Waals surface area contributed by atoms with E-state index in [1.807, 2.05) is 84.9 Å². The van der Waals surface area contributed by atoms with Gasteiger partial charge in [0, 0.05) is 29.0 Å². The minimum absolute atomic E-state index is 0.0785. The third-order valence-electron chi connectivity index (χ3n) is 6.50. The lowest BCUT2D eigenvalue weighted by molar-refractivity contribution is -0.116. The highest BCUT2D eigenvalue weighted by atomic mass is 16.5. The molecule has 0 saturated carbocycles. The molecular formula is C32H27NO3. The van der Waals surface area contributed by atoms with Crippen molar-refractivity contribution in [3.63, 3.8) is 0 Å². The number of fused-ring (bicyclic) bond motifs is 2. The van der Waals surface area contributed by atoms with Crippen LogP contribution >= 0.6 is 0 Å².